The van der Waals surface area contributed by atoms with E-state index in [4.69, 9.17) is 9.47 Å². The summed E-state index contributed by atoms with van der Waals surface area (Å²) in [4.78, 5) is 22.7. The van der Waals surface area contributed by atoms with Crippen molar-refractivity contribution in [1.29, 1.82) is 0 Å². The fraction of sp³-hybridized carbons (Fsp3) is 0.214. The molecule has 124 valence electrons. The van der Waals surface area contributed by atoms with Crippen LogP contribution in [0.2, 0.25) is 0 Å². The van der Waals surface area contributed by atoms with E-state index in [1.807, 2.05) is 0 Å². The Balaban J connectivity index is 1.51. The van der Waals surface area contributed by atoms with Gasteiger partial charge in [0.1, 0.15) is 5.01 Å². The standard InChI is InChI=1S/C14H13N5O4S/c1-8(20)16-14-19-18-13(24-14)5-12(21)17-15-6-9-2-3-10-11(4-9)23-7-22-10/h2-4,6H,5,7H2,1H3,(H,17,21)(H,16,19,20)/b15-6-. The summed E-state index contributed by atoms with van der Waals surface area (Å²) in [5.41, 5.74) is 3.17. The topological polar surface area (TPSA) is 115 Å². The summed E-state index contributed by atoms with van der Waals surface area (Å²) >= 11 is 1.14. The van der Waals surface area contributed by atoms with Crippen molar-refractivity contribution in [3.05, 3.63) is 28.8 Å². The molecular formula is C14H13N5O4S. The maximum atomic E-state index is 11.8. The first kappa shape index (κ1) is 15.9. The van der Waals surface area contributed by atoms with Crippen LogP contribution in [0.3, 0.4) is 0 Å². The predicted octanol–water partition coefficient (Wildman–Crippen LogP) is 0.918. The minimum Gasteiger partial charge on any atom is -0.454 e. The lowest BCUT2D eigenvalue weighted by molar-refractivity contribution is -0.120. The van der Waals surface area contributed by atoms with E-state index >= 15 is 0 Å². The zero-order valence-electron chi connectivity index (χ0n) is 12.6. The van der Waals surface area contributed by atoms with Gasteiger partial charge in [-0.25, -0.2) is 5.43 Å². The molecule has 3 rings (SSSR count). The van der Waals surface area contributed by atoms with Gasteiger partial charge in [-0.1, -0.05) is 11.3 Å². The second-order valence-corrected chi connectivity index (χ2v) is 5.83. The number of nitrogens with zero attached hydrogens (tertiary/aromatic N) is 3. The Labute approximate surface area is 140 Å². The van der Waals surface area contributed by atoms with Crippen LogP contribution in [0.5, 0.6) is 11.5 Å². The first-order valence-corrected chi connectivity index (χ1v) is 7.73. The molecule has 0 atom stereocenters. The van der Waals surface area contributed by atoms with E-state index in [0.29, 0.717) is 21.6 Å². The number of anilines is 1. The molecule has 0 aliphatic carbocycles. The number of carbonyl (C=O) groups is 2. The van der Waals surface area contributed by atoms with Crippen LogP contribution in [-0.2, 0) is 16.0 Å². The molecule has 10 heteroatoms. The molecule has 1 aromatic carbocycles. The third-order valence-electron chi connectivity index (χ3n) is 2.86. The van der Waals surface area contributed by atoms with Crippen LogP contribution < -0.4 is 20.2 Å². The van der Waals surface area contributed by atoms with E-state index in [0.717, 1.165) is 16.9 Å². The average Bonchev–Trinajstić information content (AvgIpc) is 3.15. The Morgan fingerprint density at radius 1 is 1.33 bits per heavy atom. The van der Waals surface area contributed by atoms with Gasteiger partial charge in [-0.2, -0.15) is 5.10 Å². The van der Waals surface area contributed by atoms with Crippen LogP contribution in [-0.4, -0.2) is 35.0 Å². The highest BCUT2D eigenvalue weighted by Gasteiger charge is 2.12. The monoisotopic (exact) mass is 347 g/mol. The normalized spacial score (nSPS) is 12.4. The van der Waals surface area contributed by atoms with Crippen molar-refractivity contribution < 1.29 is 19.1 Å². The number of carbonyl (C=O) groups excluding carboxylic acids is 2. The maximum absolute atomic E-state index is 11.8. The molecule has 2 heterocycles. The van der Waals surface area contributed by atoms with Crippen molar-refractivity contribution in [2.75, 3.05) is 12.1 Å². The van der Waals surface area contributed by atoms with Crippen molar-refractivity contribution in [3.63, 3.8) is 0 Å². The number of benzene rings is 1. The van der Waals surface area contributed by atoms with Crippen molar-refractivity contribution in [2.24, 2.45) is 5.10 Å². The minimum absolute atomic E-state index is 0.0235. The molecule has 9 nitrogen and oxygen atoms in total. The van der Waals surface area contributed by atoms with E-state index in [1.54, 1.807) is 18.2 Å². The van der Waals surface area contributed by atoms with Crippen LogP contribution in [0, 0.1) is 0 Å². The molecule has 1 aliphatic rings. The quantitative estimate of drug-likeness (QED) is 0.614. The number of nitrogens with one attached hydrogen (secondary N) is 2. The fourth-order valence-corrected chi connectivity index (χ4v) is 2.66. The van der Waals surface area contributed by atoms with Gasteiger partial charge in [-0.05, 0) is 23.8 Å². The van der Waals surface area contributed by atoms with Crippen molar-refractivity contribution in [2.45, 2.75) is 13.3 Å². The molecule has 0 saturated heterocycles. The molecule has 0 spiro atoms. The maximum Gasteiger partial charge on any atom is 0.247 e. The van der Waals surface area contributed by atoms with Gasteiger partial charge in [0, 0.05) is 6.92 Å². The van der Waals surface area contributed by atoms with Crippen LogP contribution in [0.4, 0.5) is 5.13 Å². The molecule has 0 saturated carbocycles. The number of hydrogen-bond donors (Lipinski definition) is 2. The first-order chi connectivity index (χ1) is 11.6. The van der Waals surface area contributed by atoms with E-state index < -0.39 is 0 Å². The second kappa shape index (κ2) is 7.04. The highest BCUT2D eigenvalue weighted by Crippen LogP contribution is 2.31. The van der Waals surface area contributed by atoms with Gasteiger partial charge < -0.3 is 14.8 Å². The molecule has 0 radical (unpaired) electrons. The fourth-order valence-electron chi connectivity index (χ4n) is 1.88. The summed E-state index contributed by atoms with van der Waals surface area (Å²) in [7, 11) is 0. The second-order valence-electron chi connectivity index (χ2n) is 4.76. The molecule has 0 fully saturated rings. The summed E-state index contributed by atoms with van der Waals surface area (Å²) < 4.78 is 10.5. The zero-order chi connectivity index (χ0) is 16.9. The number of hydrazone groups is 1. The lowest BCUT2D eigenvalue weighted by Gasteiger charge is -1.98. The summed E-state index contributed by atoms with van der Waals surface area (Å²) in [6, 6.07) is 5.34. The third-order valence-corrected chi connectivity index (χ3v) is 3.70. The van der Waals surface area contributed by atoms with Crippen LogP contribution in [0.1, 0.15) is 17.5 Å². The highest BCUT2D eigenvalue weighted by molar-refractivity contribution is 7.15. The van der Waals surface area contributed by atoms with Crippen LogP contribution in [0.25, 0.3) is 0 Å². The predicted molar refractivity (Wildman–Crippen MR) is 86.2 cm³/mol. The molecular weight excluding hydrogens is 334 g/mol. The molecule has 0 unspecified atom stereocenters. The Hall–Kier alpha value is -3.01. The number of aromatic nitrogens is 2. The molecule has 24 heavy (non-hydrogen) atoms. The molecule has 2 aromatic rings. The molecule has 1 aromatic heterocycles. The van der Waals surface area contributed by atoms with Crippen molar-refractivity contribution >= 4 is 34.5 Å². The van der Waals surface area contributed by atoms with Gasteiger partial charge in [0.05, 0.1) is 12.6 Å². The van der Waals surface area contributed by atoms with E-state index in [1.165, 1.54) is 13.1 Å². The lowest BCUT2D eigenvalue weighted by Crippen LogP contribution is -2.19. The van der Waals surface area contributed by atoms with Gasteiger partial charge in [0.2, 0.25) is 23.7 Å². The zero-order valence-corrected chi connectivity index (χ0v) is 13.4. The summed E-state index contributed by atoms with van der Waals surface area (Å²) in [6.07, 6.45) is 1.53. The smallest absolute Gasteiger partial charge is 0.247 e. The summed E-state index contributed by atoms with van der Waals surface area (Å²) in [5.74, 6) is 0.750. The number of rotatable bonds is 5. The van der Waals surface area contributed by atoms with Gasteiger partial charge in [0.25, 0.3) is 0 Å². The first-order valence-electron chi connectivity index (χ1n) is 6.91. The molecule has 2 amide bonds. The van der Waals surface area contributed by atoms with E-state index in [9.17, 15) is 9.59 Å². The highest BCUT2D eigenvalue weighted by atomic mass is 32.1. The Bertz CT molecular complexity index is 804. The Morgan fingerprint density at radius 3 is 3.00 bits per heavy atom. The largest absolute Gasteiger partial charge is 0.454 e. The van der Waals surface area contributed by atoms with Gasteiger partial charge in [0.15, 0.2) is 11.5 Å². The SMILES string of the molecule is CC(=O)Nc1nnc(CC(=O)N/N=C\c2ccc3c(c2)OCO3)s1. The van der Waals surface area contributed by atoms with Gasteiger partial charge in [-0.3, -0.25) is 9.59 Å². The number of fused-ring (bicyclic) bond motifs is 1. The number of ether oxygens (including phenoxy) is 2. The third kappa shape index (κ3) is 4.04. The summed E-state index contributed by atoms with van der Waals surface area (Å²) in [5, 5.41) is 14.8. The molecule has 2 N–H and O–H groups in total. The van der Waals surface area contributed by atoms with Crippen LogP contribution in [0.15, 0.2) is 23.3 Å². The number of hydrogen-bond acceptors (Lipinski definition) is 8. The Kier molecular flexibility index (Phi) is 4.66. The average molecular weight is 347 g/mol. The van der Waals surface area contributed by atoms with Crippen molar-refractivity contribution in [3.8, 4) is 11.5 Å². The van der Waals surface area contributed by atoms with Crippen molar-refractivity contribution in [1.82, 2.24) is 15.6 Å². The van der Waals surface area contributed by atoms with E-state index in [-0.39, 0.29) is 25.0 Å². The van der Waals surface area contributed by atoms with Crippen LogP contribution >= 0.6 is 11.3 Å². The van der Waals surface area contributed by atoms with Gasteiger partial charge >= 0.3 is 0 Å². The number of amides is 2. The molecule has 0 bridgehead atoms. The minimum atomic E-state index is -0.336. The lowest BCUT2D eigenvalue weighted by atomic mass is 10.2. The molecule has 1 aliphatic heterocycles. The summed E-state index contributed by atoms with van der Waals surface area (Å²) in [6.45, 7) is 1.58. The van der Waals surface area contributed by atoms with Gasteiger partial charge in [-0.15, -0.1) is 10.2 Å². The Morgan fingerprint density at radius 2 is 2.17 bits per heavy atom. The van der Waals surface area contributed by atoms with E-state index in [2.05, 4.69) is 26.0 Å².